The number of amides is 2. The Bertz CT molecular complexity index is 1050. The third-order valence-corrected chi connectivity index (χ3v) is 5.64. The maximum absolute atomic E-state index is 12.2. The van der Waals surface area contributed by atoms with Crippen LogP contribution in [-0.2, 0) is 26.2 Å². The molecule has 2 N–H and O–H groups in total. The summed E-state index contributed by atoms with van der Waals surface area (Å²) in [5.74, 6) is 0.554. The predicted molar refractivity (Wildman–Crippen MR) is 149 cm³/mol. The van der Waals surface area contributed by atoms with Gasteiger partial charge in [-0.25, -0.2) is 4.79 Å². The van der Waals surface area contributed by atoms with Crippen molar-refractivity contribution in [2.45, 2.75) is 26.2 Å². The van der Waals surface area contributed by atoms with E-state index in [0.29, 0.717) is 32.1 Å². The van der Waals surface area contributed by atoms with Crippen molar-refractivity contribution in [1.82, 2.24) is 9.80 Å². The summed E-state index contributed by atoms with van der Waals surface area (Å²) in [5.41, 5.74) is 10.2. The predicted octanol–water partition coefficient (Wildman–Crippen LogP) is 6.25. The Labute approximate surface area is 219 Å². The molecule has 0 unspecified atom stereocenters. The summed E-state index contributed by atoms with van der Waals surface area (Å²) in [6.45, 7) is 2.34. The van der Waals surface area contributed by atoms with E-state index in [1.54, 1.807) is 0 Å². The van der Waals surface area contributed by atoms with Crippen LogP contribution in [-0.4, -0.2) is 21.8 Å². The molecule has 0 spiro atoms. The highest BCUT2D eigenvalue weighted by atomic mass is 35.5. The molecule has 4 aromatic rings. The van der Waals surface area contributed by atoms with E-state index in [2.05, 4.69) is 63.3 Å². The molecule has 0 saturated carbocycles. The molecule has 0 aliphatic rings. The van der Waals surface area contributed by atoms with Crippen molar-refractivity contribution in [3.05, 3.63) is 144 Å². The van der Waals surface area contributed by atoms with Gasteiger partial charge in [0.1, 0.15) is 0 Å². The molecule has 5 nitrogen and oxygen atoms in total. The number of hydrogen-bond donors (Lipinski definition) is 1. The van der Waals surface area contributed by atoms with Gasteiger partial charge in [-0.05, 0) is 22.3 Å². The lowest BCUT2D eigenvalue weighted by atomic mass is 10.1. The van der Waals surface area contributed by atoms with E-state index in [0.717, 1.165) is 22.3 Å². The maximum atomic E-state index is 12.2. The van der Waals surface area contributed by atoms with E-state index < -0.39 is 6.03 Å². The summed E-state index contributed by atoms with van der Waals surface area (Å²) in [7, 11) is 0. The van der Waals surface area contributed by atoms with Gasteiger partial charge in [0.05, 0.1) is 0 Å². The summed E-state index contributed by atoms with van der Waals surface area (Å²) in [6.07, 6.45) is 0. The minimum atomic E-state index is -0.711. The number of aliphatic imine (C=N–C) groups is 1. The minimum absolute atomic E-state index is 0. The maximum Gasteiger partial charge on any atom is 0.341 e. The van der Waals surface area contributed by atoms with E-state index in [1.807, 2.05) is 72.8 Å². The fraction of sp³-hybridized carbons (Fsp3) is 0.133. The first-order valence-electron chi connectivity index (χ1n) is 11.7. The number of nitrogens with zero attached hydrogens (tertiary/aromatic N) is 3. The fourth-order valence-corrected chi connectivity index (χ4v) is 4.05. The second kappa shape index (κ2) is 13.7. The molecule has 6 heteroatoms. The van der Waals surface area contributed by atoms with Gasteiger partial charge in [0, 0.05) is 26.2 Å². The summed E-state index contributed by atoms with van der Waals surface area (Å²) >= 11 is 0. The Morgan fingerprint density at radius 3 is 1.00 bits per heavy atom. The SMILES string of the molecule is Cl.NC(=O)N=C(N(Cc1ccccc1)Cc1ccccc1)N(Cc1ccccc1)Cc1ccccc1. The molecule has 0 atom stereocenters. The Morgan fingerprint density at radius 2 is 0.778 bits per heavy atom. The van der Waals surface area contributed by atoms with Crippen LogP contribution in [0.5, 0.6) is 0 Å². The zero-order chi connectivity index (χ0) is 24.3. The second-order valence-electron chi connectivity index (χ2n) is 8.40. The number of benzene rings is 4. The number of carbonyl (C=O) groups excluding carboxylic acids is 1. The zero-order valence-electron chi connectivity index (χ0n) is 20.1. The molecule has 0 heterocycles. The highest BCUT2D eigenvalue weighted by Gasteiger charge is 2.22. The van der Waals surface area contributed by atoms with Crippen molar-refractivity contribution in [1.29, 1.82) is 0 Å². The first-order valence-corrected chi connectivity index (χ1v) is 11.7. The topological polar surface area (TPSA) is 61.9 Å². The third-order valence-electron chi connectivity index (χ3n) is 5.64. The van der Waals surface area contributed by atoms with E-state index in [-0.39, 0.29) is 12.4 Å². The van der Waals surface area contributed by atoms with Crippen LogP contribution < -0.4 is 5.73 Å². The molecule has 0 fully saturated rings. The first-order chi connectivity index (χ1) is 17.2. The molecule has 0 bridgehead atoms. The lowest BCUT2D eigenvalue weighted by Crippen LogP contribution is -2.44. The molecule has 2 amide bonds. The number of halogens is 1. The molecular formula is C30H31ClN4O. The smallest absolute Gasteiger partial charge is 0.341 e. The Balaban J connectivity index is 0.00000361. The Kier molecular flexibility index (Phi) is 10.1. The number of guanidine groups is 1. The van der Waals surface area contributed by atoms with Gasteiger partial charge in [-0.3, -0.25) is 0 Å². The Hall–Kier alpha value is -4.09. The van der Waals surface area contributed by atoms with Gasteiger partial charge in [0.15, 0.2) is 0 Å². The van der Waals surface area contributed by atoms with Crippen molar-refractivity contribution in [3.8, 4) is 0 Å². The number of urea groups is 1. The van der Waals surface area contributed by atoms with E-state index in [1.165, 1.54) is 0 Å². The average Bonchev–Trinajstić information content (AvgIpc) is 2.89. The van der Waals surface area contributed by atoms with Crippen molar-refractivity contribution in [3.63, 3.8) is 0 Å². The standard InChI is InChI=1S/C30H30N4O.ClH/c31-29(35)32-30(33(21-25-13-5-1-6-14-25)22-26-15-7-2-8-16-26)34(23-27-17-9-3-10-18-27)24-28-19-11-4-12-20-28;/h1-20H,21-24H2,(H2,31,35);1H. The normalized spacial score (nSPS) is 10.1. The average molecular weight is 499 g/mol. The van der Waals surface area contributed by atoms with Gasteiger partial charge >= 0.3 is 6.03 Å². The zero-order valence-corrected chi connectivity index (χ0v) is 20.9. The summed E-state index contributed by atoms with van der Waals surface area (Å²) < 4.78 is 0. The number of carbonyl (C=O) groups is 1. The molecular weight excluding hydrogens is 468 g/mol. The molecule has 4 rings (SSSR count). The molecule has 0 aromatic heterocycles. The largest absolute Gasteiger partial charge is 0.350 e. The van der Waals surface area contributed by atoms with Crippen LogP contribution in [0.25, 0.3) is 0 Å². The number of rotatable bonds is 8. The fourth-order valence-electron chi connectivity index (χ4n) is 4.05. The molecule has 0 saturated heterocycles. The van der Waals surface area contributed by atoms with Crippen LogP contribution in [0.2, 0.25) is 0 Å². The number of hydrogen-bond acceptors (Lipinski definition) is 1. The molecule has 0 radical (unpaired) electrons. The monoisotopic (exact) mass is 498 g/mol. The van der Waals surface area contributed by atoms with Crippen molar-refractivity contribution in [2.24, 2.45) is 10.7 Å². The van der Waals surface area contributed by atoms with E-state index in [9.17, 15) is 4.79 Å². The quantitative estimate of drug-likeness (QED) is 0.231. The highest BCUT2D eigenvalue weighted by Crippen LogP contribution is 2.18. The van der Waals surface area contributed by atoms with Crippen molar-refractivity contribution in [2.75, 3.05) is 0 Å². The third kappa shape index (κ3) is 8.00. The summed E-state index contributed by atoms with van der Waals surface area (Å²) in [6, 6.07) is 40.1. The van der Waals surface area contributed by atoms with Gasteiger partial charge in [-0.15, -0.1) is 12.4 Å². The highest BCUT2D eigenvalue weighted by molar-refractivity contribution is 5.91. The molecule has 0 aliphatic carbocycles. The van der Waals surface area contributed by atoms with E-state index >= 15 is 0 Å². The van der Waals surface area contributed by atoms with Crippen molar-refractivity contribution < 1.29 is 4.79 Å². The lowest BCUT2D eigenvalue weighted by molar-refractivity contribution is 0.252. The van der Waals surface area contributed by atoms with Crippen LogP contribution in [0.4, 0.5) is 4.79 Å². The number of nitrogens with two attached hydrogens (primary N) is 1. The second-order valence-corrected chi connectivity index (χ2v) is 8.40. The van der Waals surface area contributed by atoms with Gasteiger partial charge in [-0.1, -0.05) is 121 Å². The lowest BCUT2D eigenvalue weighted by Gasteiger charge is -2.35. The first kappa shape index (κ1) is 26.5. The molecule has 184 valence electrons. The van der Waals surface area contributed by atoms with Crippen molar-refractivity contribution >= 4 is 24.4 Å². The van der Waals surface area contributed by atoms with Crippen LogP contribution in [0.3, 0.4) is 0 Å². The van der Waals surface area contributed by atoms with Crippen LogP contribution in [0, 0.1) is 0 Å². The van der Waals surface area contributed by atoms with Crippen LogP contribution in [0.1, 0.15) is 22.3 Å². The van der Waals surface area contributed by atoms with Gasteiger partial charge in [-0.2, -0.15) is 4.99 Å². The summed E-state index contributed by atoms with van der Waals surface area (Å²) in [4.78, 5) is 20.8. The van der Waals surface area contributed by atoms with Crippen LogP contribution in [0.15, 0.2) is 126 Å². The van der Waals surface area contributed by atoms with Crippen LogP contribution >= 0.6 is 12.4 Å². The Morgan fingerprint density at radius 1 is 0.528 bits per heavy atom. The summed E-state index contributed by atoms with van der Waals surface area (Å²) in [5, 5.41) is 0. The van der Waals surface area contributed by atoms with E-state index in [4.69, 9.17) is 5.73 Å². The molecule has 4 aromatic carbocycles. The minimum Gasteiger partial charge on any atom is -0.350 e. The molecule has 0 aliphatic heterocycles. The van der Waals surface area contributed by atoms with Gasteiger partial charge in [0.25, 0.3) is 0 Å². The van der Waals surface area contributed by atoms with Gasteiger partial charge in [0.2, 0.25) is 5.96 Å². The van der Waals surface area contributed by atoms with Gasteiger partial charge < -0.3 is 15.5 Å². The number of primary amides is 1. The molecule has 36 heavy (non-hydrogen) atoms.